The van der Waals surface area contributed by atoms with Crippen LogP contribution in [0.15, 0.2) is 42.7 Å². The second-order valence-electron chi connectivity index (χ2n) is 5.92. The van der Waals surface area contributed by atoms with Crippen LogP contribution in [0.5, 0.6) is 0 Å². The lowest BCUT2D eigenvalue weighted by Gasteiger charge is -2.29. The second-order valence-corrected chi connectivity index (χ2v) is 6.36. The van der Waals surface area contributed by atoms with E-state index < -0.39 is 0 Å². The number of benzene rings is 1. The number of nitrogens with one attached hydrogen (secondary N) is 1. The van der Waals surface area contributed by atoms with Gasteiger partial charge in [-0.15, -0.1) is 0 Å². The molecule has 2 aromatic rings. The first-order chi connectivity index (χ1) is 11.6. The highest BCUT2D eigenvalue weighted by Gasteiger charge is 2.25. The number of ether oxygens (including phenoxy) is 1. The molecule has 1 aromatic heterocycles. The first-order valence-electron chi connectivity index (χ1n) is 7.94. The van der Waals surface area contributed by atoms with Crippen LogP contribution in [0.4, 0.5) is 0 Å². The summed E-state index contributed by atoms with van der Waals surface area (Å²) in [6.45, 7) is 0.630. The van der Waals surface area contributed by atoms with Crippen molar-refractivity contribution in [3.63, 3.8) is 0 Å². The third-order valence-corrected chi connectivity index (χ3v) is 4.28. The first kappa shape index (κ1) is 16.7. The summed E-state index contributed by atoms with van der Waals surface area (Å²) in [5, 5.41) is 7.90. The van der Waals surface area contributed by atoms with Crippen molar-refractivity contribution in [2.45, 2.75) is 25.0 Å². The van der Waals surface area contributed by atoms with Gasteiger partial charge in [0.1, 0.15) is 0 Å². The minimum absolute atomic E-state index is 0.0157. The Morgan fingerprint density at radius 3 is 2.92 bits per heavy atom. The molecule has 2 heterocycles. The van der Waals surface area contributed by atoms with Gasteiger partial charge in [-0.1, -0.05) is 23.7 Å². The van der Waals surface area contributed by atoms with Crippen molar-refractivity contribution in [2.24, 2.45) is 7.05 Å². The predicted octanol–water partition coefficient (Wildman–Crippen LogP) is 3.12. The molecule has 0 saturated carbocycles. The van der Waals surface area contributed by atoms with Gasteiger partial charge in [-0.25, -0.2) is 0 Å². The third kappa shape index (κ3) is 4.46. The molecule has 1 saturated heterocycles. The summed E-state index contributed by atoms with van der Waals surface area (Å²) in [7, 11) is 1.88. The molecule has 5 nitrogen and oxygen atoms in total. The topological polar surface area (TPSA) is 56.2 Å². The number of rotatable bonds is 4. The monoisotopic (exact) mass is 345 g/mol. The van der Waals surface area contributed by atoms with E-state index in [0.717, 1.165) is 24.0 Å². The van der Waals surface area contributed by atoms with Crippen molar-refractivity contribution < 1.29 is 9.53 Å². The number of hydrogen-bond donors (Lipinski definition) is 1. The Morgan fingerprint density at radius 1 is 1.42 bits per heavy atom. The van der Waals surface area contributed by atoms with Gasteiger partial charge in [-0.2, -0.15) is 5.10 Å². The number of carbonyl (C=O) groups excluding carboxylic acids is 1. The number of hydrogen-bond acceptors (Lipinski definition) is 3. The van der Waals surface area contributed by atoms with E-state index in [-0.39, 0.29) is 18.1 Å². The zero-order valence-corrected chi connectivity index (χ0v) is 14.2. The van der Waals surface area contributed by atoms with E-state index in [1.165, 1.54) is 0 Å². The number of aryl methyl sites for hydroxylation is 1. The summed E-state index contributed by atoms with van der Waals surface area (Å²) in [5.41, 5.74) is 1.99. The molecule has 6 heteroatoms. The summed E-state index contributed by atoms with van der Waals surface area (Å²) in [6.07, 6.45) is 8.66. The maximum absolute atomic E-state index is 12.1. The lowest BCUT2D eigenvalue weighted by atomic mass is 9.99. The smallest absolute Gasteiger partial charge is 0.244 e. The van der Waals surface area contributed by atoms with E-state index in [2.05, 4.69) is 10.4 Å². The highest BCUT2D eigenvalue weighted by atomic mass is 35.5. The summed E-state index contributed by atoms with van der Waals surface area (Å²) < 4.78 is 7.55. The molecular formula is C18H20ClN3O2. The van der Waals surface area contributed by atoms with E-state index in [1.54, 1.807) is 29.0 Å². The van der Waals surface area contributed by atoms with Crippen LogP contribution >= 0.6 is 11.6 Å². The average molecular weight is 346 g/mol. The van der Waals surface area contributed by atoms with Crippen LogP contribution in [-0.2, 0) is 16.6 Å². The Labute approximate surface area is 146 Å². The molecule has 2 unspecified atom stereocenters. The number of nitrogens with zero attached hydrogens (tertiary/aromatic N) is 2. The van der Waals surface area contributed by atoms with E-state index in [9.17, 15) is 4.79 Å². The Bertz CT molecular complexity index is 724. The lowest BCUT2D eigenvalue weighted by molar-refractivity contribution is -0.118. The van der Waals surface area contributed by atoms with Crippen molar-refractivity contribution in [1.29, 1.82) is 0 Å². The SMILES string of the molecule is Cn1cc(C2CC(NC(=O)/C=C/c3ccc(Cl)cc3)CCO2)cn1. The fourth-order valence-corrected chi connectivity index (χ4v) is 2.89. The van der Waals surface area contributed by atoms with Crippen molar-refractivity contribution in [2.75, 3.05) is 6.61 Å². The Kier molecular flexibility index (Phi) is 5.33. The maximum Gasteiger partial charge on any atom is 0.244 e. The molecule has 1 amide bonds. The van der Waals surface area contributed by atoms with Gasteiger partial charge in [0.25, 0.3) is 0 Å². The zero-order valence-electron chi connectivity index (χ0n) is 13.5. The van der Waals surface area contributed by atoms with Crippen LogP contribution in [0, 0.1) is 0 Å². The van der Waals surface area contributed by atoms with Crippen LogP contribution in [-0.4, -0.2) is 28.3 Å². The largest absolute Gasteiger partial charge is 0.373 e. The lowest BCUT2D eigenvalue weighted by Crippen LogP contribution is -2.39. The van der Waals surface area contributed by atoms with E-state index in [4.69, 9.17) is 16.3 Å². The molecule has 1 aromatic carbocycles. The van der Waals surface area contributed by atoms with Crippen LogP contribution in [0.2, 0.25) is 5.02 Å². The maximum atomic E-state index is 12.1. The fourth-order valence-electron chi connectivity index (χ4n) is 2.76. The number of aromatic nitrogens is 2. The summed E-state index contributed by atoms with van der Waals surface area (Å²) in [5.74, 6) is -0.0956. The van der Waals surface area contributed by atoms with Crippen LogP contribution < -0.4 is 5.32 Å². The standard InChI is InChI=1S/C18H20ClN3O2/c1-22-12-14(11-20-22)17-10-16(8-9-24-17)21-18(23)7-4-13-2-5-15(19)6-3-13/h2-7,11-12,16-17H,8-10H2,1H3,(H,21,23)/b7-4+. The minimum Gasteiger partial charge on any atom is -0.373 e. The van der Waals surface area contributed by atoms with Crippen molar-refractivity contribution in [3.8, 4) is 0 Å². The van der Waals surface area contributed by atoms with Crippen LogP contribution in [0.1, 0.15) is 30.1 Å². The van der Waals surface area contributed by atoms with E-state index in [0.29, 0.717) is 11.6 Å². The molecule has 1 fully saturated rings. The molecule has 1 N–H and O–H groups in total. The summed E-state index contributed by atoms with van der Waals surface area (Å²) >= 11 is 5.85. The zero-order chi connectivity index (χ0) is 16.9. The Balaban J connectivity index is 1.55. The third-order valence-electron chi connectivity index (χ3n) is 4.02. The van der Waals surface area contributed by atoms with E-state index >= 15 is 0 Å². The first-order valence-corrected chi connectivity index (χ1v) is 8.32. The van der Waals surface area contributed by atoms with Gasteiger partial charge in [0.15, 0.2) is 0 Å². The van der Waals surface area contributed by atoms with Gasteiger partial charge >= 0.3 is 0 Å². The molecule has 1 aliphatic rings. The summed E-state index contributed by atoms with van der Waals surface area (Å²) in [6, 6.07) is 7.45. The highest BCUT2D eigenvalue weighted by molar-refractivity contribution is 6.30. The van der Waals surface area contributed by atoms with Gasteiger partial charge in [0, 0.05) is 42.6 Å². The highest BCUT2D eigenvalue weighted by Crippen LogP contribution is 2.27. The van der Waals surface area contributed by atoms with Crippen molar-refractivity contribution in [1.82, 2.24) is 15.1 Å². The fraction of sp³-hybridized carbons (Fsp3) is 0.333. The van der Waals surface area contributed by atoms with Gasteiger partial charge < -0.3 is 10.1 Å². The Hall–Kier alpha value is -2.11. The number of carbonyl (C=O) groups is 1. The predicted molar refractivity (Wildman–Crippen MR) is 93.6 cm³/mol. The molecule has 24 heavy (non-hydrogen) atoms. The molecule has 3 rings (SSSR count). The summed E-state index contributed by atoms with van der Waals surface area (Å²) in [4.78, 5) is 12.1. The number of halogens is 1. The second kappa shape index (κ2) is 7.64. The molecule has 0 radical (unpaired) electrons. The van der Waals surface area contributed by atoms with Crippen molar-refractivity contribution >= 4 is 23.6 Å². The van der Waals surface area contributed by atoms with E-state index in [1.807, 2.05) is 31.6 Å². The average Bonchev–Trinajstić information content (AvgIpc) is 3.01. The number of amides is 1. The molecule has 2 atom stereocenters. The van der Waals surface area contributed by atoms with Gasteiger partial charge in [-0.3, -0.25) is 9.48 Å². The normalized spacial score (nSPS) is 21.1. The molecule has 0 aliphatic carbocycles. The van der Waals surface area contributed by atoms with Crippen LogP contribution in [0.3, 0.4) is 0 Å². The van der Waals surface area contributed by atoms with Gasteiger partial charge in [0.05, 0.1) is 12.3 Å². The van der Waals surface area contributed by atoms with Crippen molar-refractivity contribution in [3.05, 3.63) is 58.9 Å². The van der Waals surface area contributed by atoms with Gasteiger partial charge in [0.2, 0.25) is 5.91 Å². The molecular weight excluding hydrogens is 326 g/mol. The van der Waals surface area contributed by atoms with Crippen LogP contribution in [0.25, 0.3) is 6.08 Å². The minimum atomic E-state index is -0.0956. The molecule has 126 valence electrons. The Morgan fingerprint density at radius 2 is 2.21 bits per heavy atom. The molecule has 0 spiro atoms. The molecule has 1 aliphatic heterocycles. The quantitative estimate of drug-likeness (QED) is 0.866. The molecule has 0 bridgehead atoms. The van der Waals surface area contributed by atoms with Gasteiger partial charge in [-0.05, 0) is 36.6 Å².